The summed E-state index contributed by atoms with van der Waals surface area (Å²) in [7, 11) is 0. The van der Waals surface area contributed by atoms with Gasteiger partial charge in [0.2, 0.25) is 0 Å². The van der Waals surface area contributed by atoms with Crippen molar-refractivity contribution < 1.29 is 0 Å². The predicted molar refractivity (Wildman–Crippen MR) is 136 cm³/mol. The van der Waals surface area contributed by atoms with Crippen molar-refractivity contribution in [1.82, 2.24) is 0 Å². The van der Waals surface area contributed by atoms with E-state index in [0.717, 1.165) is 38.0 Å². The Morgan fingerprint density at radius 2 is 1.35 bits per heavy atom. The largest absolute Gasteiger partial charge is 0.284 e. The van der Waals surface area contributed by atoms with E-state index in [4.69, 9.17) is 0 Å². The molecule has 4 heteroatoms. The summed E-state index contributed by atoms with van der Waals surface area (Å²) in [6.45, 7) is 10.7. The highest BCUT2D eigenvalue weighted by molar-refractivity contribution is 9.10. The zero-order chi connectivity index (χ0) is 22.7. The summed E-state index contributed by atoms with van der Waals surface area (Å²) >= 11 is 3.54. The normalized spacial score (nSPS) is 11.1. The lowest BCUT2D eigenvalue weighted by molar-refractivity contribution is 0.833. The molecule has 2 N–H and O–H groups in total. The first-order valence-corrected chi connectivity index (χ1v) is 11.4. The van der Waals surface area contributed by atoms with Crippen LogP contribution in [0.15, 0.2) is 71.2 Å². The van der Waals surface area contributed by atoms with Gasteiger partial charge in [0.05, 0.1) is 5.69 Å². The molecule has 0 saturated carbocycles. The average Bonchev–Trinajstić information content (AvgIpc) is 2.73. The number of para-hydroxylation sites is 1. The molecular formula is C27H30BrN3. The monoisotopic (exact) mass is 475 g/mol. The van der Waals surface area contributed by atoms with Crippen LogP contribution < -0.4 is 4.90 Å². The van der Waals surface area contributed by atoms with Crippen molar-refractivity contribution in [3.8, 4) is 0 Å². The summed E-state index contributed by atoms with van der Waals surface area (Å²) in [4.78, 5) is 1.83. The van der Waals surface area contributed by atoms with E-state index in [9.17, 15) is 10.8 Å². The van der Waals surface area contributed by atoms with Gasteiger partial charge in [-0.25, -0.2) is 0 Å². The molecule has 160 valence electrons. The number of anilines is 1. The number of aryl methyl sites for hydroxylation is 1. The lowest BCUT2D eigenvalue weighted by Gasteiger charge is -2.32. The van der Waals surface area contributed by atoms with Gasteiger partial charge in [0.25, 0.3) is 0 Å². The van der Waals surface area contributed by atoms with E-state index in [1.807, 2.05) is 60.4 Å². The van der Waals surface area contributed by atoms with Gasteiger partial charge in [-0.1, -0.05) is 98.2 Å². The van der Waals surface area contributed by atoms with Gasteiger partial charge >= 0.3 is 0 Å². The van der Waals surface area contributed by atoms with Crippen molar-refractivity contribution in [3.63, 3.8) is 0 Å². The molecular weight excluding hydrogens is 446 g/mol. The third-order valence-corrected chi connectivity index (χ3v) is 6.00. The fraction of sp³-hybridized carbons (Fsp3) is 0.259. The van der Waals surface area contributed by atoms with Crippen molar-refractivity contribution in [2.24, 2.45) is 0 Å². The van der Waals surface area contributed by atoms with E-state index in [2.05, 4.69) is 61.8 Å². The fourth-order valence-electron chi connectivity index (χ4n) is 3.83. The number of nitrogens with zero attached hydrogens (tertiary/aromatic N) is 1. The number of halogens is 1. The Kier molecular flexibility index (Phi) is 7.11. The summed E-state index contributed by atoms with van der Waals surface area (Å²) in [5, 5.41) is 18.5. The highest BCUT2D eigenvalue weighted by Crippen LogP contribution is 2.37. The van der Waals surface area contributed by atoms with E-state index in [1.165, 1.54) is 0 Å². The van der Waals surface area contributed by atoms with Crippen molar-refractivity contribution >= 4 is 33.3 Å². The second kappa shape index (κ2) is 9.61. The number of hydrogen-bond acceptors (Lipinski definition) is 2. The van der Waals surface area contributed by atoms with Gasteiger partial charge < -0.3 is 0 Å². The van der Waals surface area contributed by atoms with Crippen molar-refractivity contribution in [2.45, 2.75) is 46.5 Å². The van der Waals surface area contributed by atoms with Crippen LogP contribution in [0.1, 0.15) is 67.3 Å². The predicted octanol–water partition coefficient (Wildman–Crippen LogP) is 7.86. The molecule has 0 saturated heterocycles. The molecule has 3 aromatic carbocycles. The first-order chi connectivity index (χ1) is 14.7. The Morgan fingerprint density at radius 1 is 0.774 bits per heavy atom. The minimum absolute atomic E-state index is 0.260. The van der Waals surface area contributed by atoms with E-state index in [1.54, 1.807) is 0 Å². The maximum Gasteiger partial charge on any atom is 0.138 e. The molecule has 0 bridgehead atoms. The fourth-order valence-corrected chi connectivity index (χ4v) is 4.23. The van der Waals surface area contributed by atoms with Gasteiger partial charge in [0.1, 0.15) is 11.7 Å². The summed E-state index contributed by atoms with van der Waals surface area (Å²) < 4.78 is 0.915. The Bertz CT molecular complexity index is 1090. The zero-order valence-corrected chi connectivity index (χ0v) is 20.4. The van der Waals surface area contributed by atoms with Gasteiger partial charge in [-0.2, -0.15) is 0 Å². The van der Waals surface area contributed by atoms with Gasteiger partial charge in [-0.05, 0) is 47.6 Å². The van der Waals surface area contributed by atoms with Crippen LogP contribution in [0.3, 0.4) is 0 Å². The number of rotatable bonds is 5. The van der Waals surface area contributed by atoms with Crippen LogP contribution in [0.2, 0.25) is 0 Å². The first-order valence-electron chi connectivity index (χ1n) is 10.6. The second-order valence-electron chi connectivity index (χ2n) is 8.45. The number of amidine groups is 2. The van der Waals surface area contributed by atoms with Gasteiger partial charge in [-0.15, -0.1) is 0 Å². The van der Waals surface area contributed by atoms with Crippen LogP contribution in [0.4, 0.5) is 5.69 Å². The second-order valence-corrected chi connectivity index (χ2v) is 9.37. The molecule has 0 fully saturated rings. The summed E-state index contributed by atoms with van der Waals surface area (Å²) in [6, 6.07) is 22.0. The zero-order valence-electron chi connectivity index (χ0n) is 18.8. The molecule has 0 amide bonds. The molecule has 3 nitrogen and oxygen atoms in total. The van der Waals surface area contributed by atoms with Gasteiger partial charge in [-0.3, -0.25) is 15.7 Å². The van der Waals surface area contributed by atoms with Crippen molar-refractivity contribution in [3.05, 3.63) is 99.0 Å². The van der Waals surface area contributed by atoms with Crippen LogP contribution in [0, 0.1) is 17.7 Å². The van der Waals surface area contributed by atoms with Crippen LogP contribution in [-0.2, 0) is 0 Å². The van der Waals surface area contributed by atoms with Gasteiger partial charge in [0, 0.05) is 15.6 Å². The van der Waals surface area contributed by atoms with E-state index >= 15 is 0 Å². The number of hydrogen-bond donors (Lipinski definition) is 2. The molecule has 0 aliphatic rings. The maximum atomic E-state index is 9.25. The van der Waals surface area contributed by atoms with Crippen molar-refractivity contribution in [1.29, 1.82) is 10.8 Å². The minimum atomic E-state index is 0.260. The molecule has 0 spiro atoms. The molecule has 3 aromatic rings. The topological polar surface area (TPSA) is 50.9 Å². The number of benzene rings is 3. The third kappa shape index (κ3) is 4.80. The van der Waals surface area contributed by atoms with E-state index in [0.29, 0.717) is 11.7 Å². The minimum Gasteiger partial charge on any atom is -0.284 e. The lowest BCUT2D eigenvalue weighted by atomic mass is 9.91. The smallest absolute Gasteiger partial charge is 0.138 e. The Hall–Kier alpha value is -2.72. The Labute approximate surface area is 194 Å². The third-order valence-electron chi connectivity index (χ3n) is 5.51. The molecule has 0 unspecified atom stereocenters. The average molecular weight is 476 g/mol. The lowest BCUT2D eigenvalue weighted by Crippen LogP contribution is -2.39. The maximum absolute atomic E-state index is 9.25. The molecule has 0 aliphatic carbocycles. The Balaban J connectivity index is 2.31. The highest BCUT2D eigenvalue weighted by Gasteiger charge is 2.27. The molecule has 0 heterocycles. The van der Waals surface area contributed by atoms with Crippen LogP contribution in [0.5, 0.6) is 0 Å². The Morgan fingerprint density at radius 3 is 1.90 bits per heavy atom. The summed E-state index contributed by atoms with van der Waals surface area (Å²) in [5.74, 6) is 1.13. The van der Waals surface area contributed by atoms with E-state index in [-0.39, 0.29) is 11.8 Å². The summed E-state index contributed by atoms with van der Waals surface area (Å²) in [5.41, 5.74) is 5.85. The summed E-state index contributed by atoms with van der Waals surface area (Å²) in [6.07, 6.45) is 0. The molecule has 0 aromatic heterocycles. The van der Waals surface area contributed by atoms with Gasteiger partial charge in [0.15, 0.2) is 0 Å². The van der Waals surface area contributed by atoms with Crippen LogP contribution in [-0.4, -0.2) is 11.7 Å². The highest BCUT2D eigenvalue weighted by atomic mass is 79.9. The molecule has 3 rings (SSSR count). The standard InChI is InChI=1S/C27H30BrN3/c1-17(2)22-14-9-15-23(18(3)4)25(22)31(26(29)20-11-8-12-21(28)16-20)27(30)24-13-7-6-10-19(24)5/h6-18,29-30H,1-5H3. The van der Waals surface area contributed by atoms with Crippen LogP contribution >= 0.6 is 15.9 Å². The quantitative estimate of drug-likeness (QED) is 0.286. The van der Waals surface area contributed by atoms with Crippen LogP contribution in [0.25, 0.3) is 0 Å². The molecule has 31 heavy (non-hydrogen) atoms. The first kappa shape index (κ1) is 23.0. The number of nitrogens with one attached hydrogen (secondary N) is 2. The van der Waals surface area contributed by atoms with Crippen molar-refractivity contribution in [2.75, 3.05) is 4.90 Å². The van der Waals surface area contributed by atoms with E-state index < -0.39 is 0 Å². The molecule has 0 radical (unpaired) electrons. The molecule has 0 atom stereocenters. The molecule has 0 aliphatic heterocycles. The SMILES string of the molecule is Cc1ccccc1C(=N)N(C(=N)c1cccc(Br)c1)c1c(C(C)C)cccc1C(C)C.